The third-order valence-corrected chi connectivity index (χ3v) is 9.33. The van der Waals surface area contributed by atoms with Crippen LogP contribution in [0, 0.1) is 0 Å². The summed E-state index contributed by atoms with van der Waals surface area (Å²) in [4.78, 5) is 28.8. The minimum Gasteiger partial charge on any atom is -0.310 e. The normalized spacial score (nSPS) is 15.2. The Kier molecular flexibility index (Phi) is 5.94. The number of para-hydroxylation sites is 1. The van der Waals surface area contributed by atoms with E-state index in [1.54, 1.807) is 18.2 Å². The molecule has 0 amide bonds. The standard InChI is InChI=1S/C40H26F3NO2/c1-39(2)33-9-5-6-10-34(33)44(28-15-13-27(14-16-28)40(41,42)43)35-18-12-26-19-23(11-17-29(26)36(35)39)20-32-37(45)30-21-24-7-3-4-8-25(24)22-31(30)38(32)46/h3-22H,1-2H3. The first-order valence-electron chi connectivity index (χ1n) is 15.0. The Bertz CT molecular complexity index is 2260. The molecule has 6 heteroatoms. The Morgan fingerprint density at radius 2 is 1.28 bits per heavy atom. The van der Waals surface area contributed by atoms with Crippen LogP contribution in [0.1, 0.15) is 56.8 Å². The molecular formula is C40H26F3NO2. The number of carbonyl (C=O) groups excluding carboxylic acids is 2. The van der Waals surface area contributed by atoms with Gasteiger partial charge in [0.25, 0.3) is 0 Å². The van der Waals surface area contributed by atoms with Crippen LogP contribution in [0.3, 0.4) is 0 Å². The van der Waals surface area contributed by atoms with E-state index in [1.807, 2.05) is 77.7 Å². The van der Waals surface area contributed by atoms with Crippen LogP contribution >= 0.6 is 0 Å². The summed E-state index contributed by atoms with van der Waals surface area (Å²) >= 11 is 0. The molecule has 0 saturated carbocycles. The van der Waals surface area contributed by atoms with Gasteiger partial charge in [-0.3, -0.25) is 9.59 Å². The molecule has 0 saturated heterocycles. The summed E-state index contributed by atoms with van der Waals surface area (Å²) < 4.78 is 40.2. The lowest BCUT2D eigenvalue weighted by Crippen LogP contribution is -2.30. The number of hydrogen-bond donors (Lipinski definition) is 0. The number of ketones is 2. The van der Waals surface area contributed by atoms with Gasteiger partial charge in [-0.2, -0.15) is 13.2 Å². The number of alkyl halides is 3. The summed E-state index contributed by atoms with van der Waals surface area (Å²) in [6.45, 7) is 4.31. The van der Waals surface area contributed by atoms with Crippen molar-refractivity contribution in [3.63, 3.8) is 0 Å². The van der Waals surface area contributed by atoms with E-state index in [0.29, 0.717) is 16.8 Å². The van der Waals surface area contributed by atoms with E-state index in [0.717, 1.165) is 61.7 Å². The van der Waals surface area contributed by atoms with Crippen LogP contribution in [0.4, 0.5) is 30.2 Å². The molecule has 0 bridgehead atoms. The first kappa shape index (κ1) is 28.0. The van der Waals surface area contributed by atoms with Gasteiger partial charge in [-0.1, -0.05) is 74.5 Å². The molecule has 6 aromatic carbocycles. The SMILES string of the molecule is CC1(C)c2ccccc2N(c2ccc(C(F)(F)F)cc2)c2ccc3cc(C=C4C(=O)c5cc6ccccc6cc5C4=O)ccc3c21. The predicted molar refractivity (Wildman–Crippen MR) is 176 cm³/mol. The summed E-state index contributed by atoms with van der Waals surface area (Å²) in [5.41, 5.74) is 5.10. The van der Waals surface area contributed by atoms with Crippen molar-refractivity contribution in [1.82, 2.24) is 0 Å². The van der Waals surface area contributed by atoms with Gasteiger partial charge in [0.1, 0.15) is 0 Å². The zero-order chi connectivity index (χ0) is 32.0. The highest BCUT2D eigenvalue weighted by atomic mass is 19.4. The minimum atomic E-state index is -4.42. The smallest absolute Gasteiger partial charge is 0.310 e. The average molecular weight is 610 g/mol. The first-order valence-corrected chi connectivity index (χ1v) is 15.0. The second-order valence-corrected chi connectivity index (χ2v) is 12.4. The van der Waals surface area contributed by atoms with E-state index in [4.69, 9.17) is 0 Å². The highest BCUT2D eigenvalue weighted by Crippen LogP contribution is 2.54. The van der Waals surface area contributed by atoms with Crippen molar-refractivity contribution in [2.24, 2.45) is 0 Å². The molecule has 224 valence electrons. The maximum absolute atomic E-state index is 13.4. The van der Waals surface area contributed by atoms with Crippen LogP contribution in [0.5, 0.6) is 0 Å². The van der Waals surface area contributed by atoms with E-state index in [1.165, 1.54) is 12.1 Å². The fourth-order valence-electron chi connectivity index (χ4n) is 7.12. The van der Waals surface area contributed by atoms with Crippen molar-refractivity contribution >= 4 is 56.2 Å². The van der Waals surface area contributed by atoms with Crippen molar-refractivity contribution in [3.05, 3.63) is 154 Å². The zero-order valence-corrected chi connectivity index (χ0v) is 24.9. The largest absolute Gasteiger partial charge is 0.416 e. The van der Waals surface area contributed by atoms with Crippen molar-refractivity contribution < 1.29 is 22.8 Å². The van der Waals surface area contributed by atoms with E-state index in [2.05, 4.69) is 19.9 Å². The number of benzene rings is 6. The van der Waals surface area contributed by atoms with Gasteiger partial charge in [-0.15, -0.1) is 0 Å². The summed E-state index contributed by atoms with van der Waals surface area (Å²) in [6.07, 6.45) is -2.75. The molecule has 1 aliphatic carbocycles. The molecule has 0 atom stereocenters. The van der Waals surface area contributed by atoms with Gasteiger partial charge in [0, 0.05) is 22.2 Å². The van der Waals surface area contributed by atoms with Crippen LogP contribution in [-0.4, -0.2) is 11.6 Å². The molecular weight excluding hydrogens is 583 g/mol. The molecule has 1 heterocycles. The van der Waals surface area contributed by atoms with Gasteiger partial charge >= 0.3 is 6.18 Å². The van der Waals surface area contributed by atoms with Crippen LogP contribution in [0.15, 0.2) is 121 Å². The van der Waals surface area contributed by atoms with Gasteiger partial charge < -0.3 is 4.90 Å². The second-order valence-electron chi connectivity index (χ2n) is 12.4. The van der Waals surface area contributed by atoms with E-state index < -0.39 is 17.2 Å². The minimum absolute atomic E-state index is 0.144. The maximum Gasteiger partial charge on any atom is 0.416 e. The number of nitrogens with zero attached hydrogens (tertiary/aromatic N) is 1. The van der Waals surface area contributed by atoms with Gasteiger partial charge in [-0.25, -0.2) is 0 Å². The highest BCUT2D eigenvalue weighted by Gasteiger charge is 2.39. The van der Waals surface area contributed by atoms with E-state index in [9.17, 15) is 22.8 Å². The Labute approximate surface area is 263 Å². The van der Waals surface area contributed by atoms with Gasteiger partial charge in [0.2, 0.25) is 0 Å². The Hall–Kier alpha value is -5.49. The first-order chi connectivity index (χ1) is 22.0. The number of Topliss-reactive ketones (excluding diaryl/α,β-unsaturated/α-hetero) is 2. The third kappa shape index (κ3) is 4.13. The molecule has 0 fully saturated rings. The summed E-state index contributed by atoms with van der Waals surface area (Å²) in [7, 11) is 0. The number of anilines is 3. The lowest BCUT2D eigenvalue weighted by molar-refractivity contribution is -0.137. The Morgan fingerprint density at radius 3 is 1.93 bits per heavy atom. The monoisotopic (exact) mass is 609 g/mol. The lowest BCUT2D eigenvalue weighted by Gasteiger charge is -2.42. The van der Waals surface area contributed by atoms with Crippen molar-refractivity contribution in [1.29, 1.82) is 0 Å². The number of allylic oxidation sites excluding steroid dienone is 1. The molecule has 2 aliphatic rings. The van der Waals surface area contributed by atoms with E-state index >= 15 is 0 Å². The maximum atomic E-state index is 13.4. The van der Waals surface area contributed by atoms with Crippen molar-refractivity contribution in [3.8, 4) is 0 Å². The molecule has 1 aliphatic heterocycles. The average Bonchev–Trinajstić information content (AvgIpc) is 3.27. The molecule has 46 heavy (non-hydrogen) atoms. The predicted octanol–water partition coefficient (Wildman–Crippen LogP) is 10.6. The number of fused-ring (bicyclic) bond motifs is 6. The second kappa shape index (κ2) is 9.75. The molecule has 6 aromatic rings. The number of carbonyl (C=O) groups is 2. The van der Waals surface area contributed by atoms with Crippen LogP contribution in [0.2, 0.25) is 0 Å². The summed E-state index contributed by atoms with van der Waals surface area (Å²) in [5, 5.41) is 3.73. The van der Waals surface area contributed by atoms with Crippen molar-refractivity contribution in [2.75, 3.05) is 4.90 Å². The number of halogens is 3. The van der Waals surface area contributed by atoms with Gasteiger partial charge in [0.15, 0.2) is 11.6 Å². The number of rotatable bonds is 2. The fourth-order valence-corrected chi connectivity index (χ4v) is 7.12. The molecule has 8 rings (SSSR count). The van der Waals surface area contributed by atoms with Crippen LogP contribution in [0.25, 0.3) is 27.6 Å². The van der Waals surface area contributed by atoms with Crippen LogP contribution < -0.4 is 4.90 Å². The van der Waals surface area contributed by atoms with Gasteiger partial charge in [0.05, 0.1) is 22.5 Å². The fraction of sp³-hybridized carbons (Fsp3) is 0.100. The van der Waals surface area contributed by atoms with Crippen molar-refractivity contribution in [2.45, 2.75) is 25.4 Å². The highest BCUT2D eigenvalue weighted by molar-refractivity contribution is 6.42. The lowest BCUT2D eigenvalue weighted by atomic mass is 9.71. The van der Waals surface area contributed by atoms with Gasteiger partial charge in [-0.05, 0) is 98.9 Å². The molecule has 0 aromatic heterocycles. The summed E-state index contributed by atoms with van der Waals surface area (Å²) in [5.74, 6) is -0.553. The Balaban J connectivity index is 1.25. The molecule has 0 spiro atoms. The molecule has 0 N–H and O–H groups in total. The molecule has 3 nitrogen and oxygen atoms in total. The van der Waals surface area contributed by atoms with Crippen LogP contribution in [-0.2, 0) is 11.6 Å². The quantitative estimate of drug-likeness (QED) is 0.145. The molecule has 0 radical (unpaired) electrons. The van der Waals surface area contributed by atoms with E-state index in [-0.39, 0.29) is 17.1 Å². The topological polar surface area (TPSA) is 37.4 Å². The number of hydrogen-bond acceptors (Lipinski definition) is 3. The Morgan fingerprint density at radius 1 is 0.652 bits per heavy atom. The molecule has 0 unspecified atom stereocenters. The zero-order valence-electron chi connectivity index (χ0n) is 24.9. The third-order valence-electron chi connectivity index (χ3n) is 9.33. The summed E-state index contributed by atoms with van der Waals surface area (Å²) in [6, 6.07) is 34.3.